The Labute approximate surface area is 143 Å². The lowest BCUT2D eigenvalue weighted by atomic mass is 10.2. The molecule has 24 heavy (non-hydrogen) atoms. The normalized spacial score (nSPS) is 11.2. The summed E-state index contributed by atoms with van der Waals surface area (Å²) >= 11 is 5.00. The van der Waals surface area contributed by atoms with E-state index < -0.39 is 0 Å². The molecular weight excluding hydrogens is 318 g/mol. The number of nitrogens with zero attached hydrogens (tertiary/aromatic N) is 2. The first-order chi connectivity index (χ1) is 11.6. The highest BCUT2D eigenvalue weighted by molar-refractivity contribution is 7.80. The number of nitrogens with two attached hydrogens (primary N) is 1. The Bertz CT molecular complexity index is 1150. The standard InChI is InChI=1S/C19H15N3OS/c1-21-15-5-3-2-4-14(15)18-16(21)10-11-17(23)22(18)13-8-6-12(7-9-13)19(20)24/h2-11H,1H3,(H2,20,24). The van der Waals surface area contributed by atoms with Crippen LogP contribution in [0.2, 0.25) is 0 Å². The first kappa shape index (κ1) is 14.7. The quantitative estimate of drug-likeness (QED) is 0.574. The third kappa shape index (κ3) is 2.06. The third-order valence-corrected chi connectivity index (χ3v) is 4.60. The van der Waals surface area contributed by atoms with Crippen molar-refractivity contribution in [2.24, 2.45) is 12.8 Å². The van der Waals surface area contributed by atoms with Gasteiger partial charge in [0.05, 0.1) is 16.6 Å². The summed E-state index contributed by atoms with van der Waals surface area (Å²) in [6, 6.07) is 19.0. The van der Waals surface area contributed by atoms with Crippen molar-refractivity contribution in [2.75, 3.05) is 0 Å². The molecule has 0 unspecified atom stereocenters. The fourth-order valence-corrected chi connectivity index (χ4v) is 3.32. The average molecular weight is 333 g/mol. The molecule has 0 amide bonds. The predicted molar refractivity (Wildman–Crippen MR) is 102 cm³/mol. The minimum atomic E-state index is -0.0677. The van der Waals surface area contributed by atoms with Crippen molar-refractivity contribution in [1.29, 1.82) is 0 Å². The minimum Gasteiger partial charge on any atom is -0.389 e. The highest BCUT2D eigenvalue weighted by Crippen LogP contribution is 2.28. The van der Waals surface area contributed by atoms with Gasteiger partial charge in [0.15, 0.2) is 0 Å². The van der Waals surface area contributed by atoms with E-state index >= 15 is 0 Å². The average Bonchev–Trinajstić information content (AvgIpc) is 2.88. The minimum absolute atomic E-state index is 0.0677. The molecule has 0 saturated heterocycles. The molecule has 2 N–H and O–H groups in total. The van der Waals surface area contributed by atoms with Gasteiger partial charge in [-0.25, -0.2) is 0 Å². The molecule has 0 atom stereocenters. The van der Waals surface area contributed by atoms with Crippen LogP contribution < -0.4 is 11.3 Å². The van der Waals surface area contributed by atoms with Crippen molar-refractivity contribution in [3.8, 4) is 5.69 Å². The lowest BCUT2D eigenvalue weighted by Gasteiger charge is -2.09. The molecule has 2 heterocycles. The molecule has 0 bridgehead atoms. The van der Waals surface area contributed by atoms with Crippen molar-refractivity contribution in [3.05, 3.63) is 76.6 Å². The fraction of sp³-hybridized carbons (Fsp3) is 0.0526. The first-order valence-electron chi connectivity index (χ1n) is 7.57. The van der Waals surface area contributed by atoms with Gasteiger partial charge in [0.2, 0.25) is 0 Å². The maximum atomic E-state index is 12.6. The van der Waals surface area contributed by atoms with Crippen LogP contribution in [0.15, 0.2) is 65.5 Å². The summed E-state index contributed by atoms with van der Waals surface area (Å²) in [7, 11) is 2.01. The van der Waals surface area contributed by atoms with Crippen molar-refractivity contribution < 1.29 is 0 Å². The smallest absolute Gasteiger partial charge is 0.255 e. The zero-order valence-electron chi connectivity index (χ0n) is 13.1. The van der Waals surface area contributed by atoms with Crippen LogP contribution in [0.5, 0.6) is 0 Å². The summed E-state index contributed by atoms with van der Waals surface area (Å²) < 4.78 is 3.84. The molecule has 2 aromatic heterocycles. The summed E-state index contributed by atoms with van der Waals surface area (Å²) in [5, 5.41) is 1.05. The van der Waals surface area contributed by atoms with Crippen LogP contribution in [-0.4, -0.2) is 14.1 Å². The zero-order valence-corrected chi connectivity index (χ0v) is 13.9. The number of thiocarbonyl (C=S) groups is 1. The van der Waals surface area contributed by atoms with Gasteiger partial charge in [-0.15, -0.1) is 0 Å². The summed E-state index contributed by atoms with van der Waals surface area (Å²) in [6.45, 7) is 0. The first-order valence-corrected chi connectivity index (χ1v) is 7.98. The molecule has 4 nitrogen and oxygen atoms in total. The Kier molecular flexibility index (Phi) is 3.25. The maximum Gasteiger partial charge on any atom is 0.255 e. The Hall–Kier alpha value is -2.92. The van der Waals surface area contributed by atoms with Crippen molar-refractivity contribution in [2.45, 2.75) is 0 Å². The lowest BCUT2D eigenvalue weighted by Crippen LogP contribution is -2.17. The second-order valence-electron chi connectivity index (χ2n) is 5.73. The van der Waals surface area contributed by atoms with Crippen LogP contribution >= 0.6 is 12.2 Å². The van der Waals surface area contributed by atoms with Crippen LogP contribution in [0.4, 0.5) is 0 Å². The largest absolute Gasteiger partial charge is 0.389 e. The van der Waals surface area contributed by atoms with Crippen molar-refractivity contribution in [3.63, 3.8) is 0 Å². The van der Waals surface area contributed by atoms with E-state index in [1.165, 1.54) is 0 Å². The summed E-state index contributed by atoms with van der Waals surface area (Å²) in [4.78, 5) is 13.0. The third-order valence-electron chi connectivity index (χ3n) is 4.36. The van der Waals surface area contributed by atoms with E-state index in [0.29, 0.717) is 4.99 Å². The topological polar surface area (TPSA) is 53.0 Å². The number of para-hydroxylation sites is 1. The summed E-state index contributed by atoms with van der Waals surface area (Å²) in [5.74, 6) is 0. The van der Waals surface area contributed by atoms with E-state index in [1.807, 2.05) is 55.6 Å². The molecule has 0 aliphatic carbocycles. The Balaban J connectivity index is 2.11. The molecule has 4 aromatic rings. The fourth-order valence-electron chi connectivity index (χ4n) is 3.18. The molecule has 2 aromatic carbocycles. The Morgan fingerprint density at radius 3 is 2.38 bits per heavy atom. The van der Waals surface area contributed by atoms with Crippen LogP contribution in [0.25, 0.3) is 27.6 Å². The lowest BCUT2D eigenvalue weighted by molar-refractivity contribution is 0.995. The van der Waals surface area contributed by atoms with Gasteiger partial charge in [-0.2, -0.15) is 0 Å². The van der Waals surface area contributed by atoms with Gasteiger partial charge in [0.1, 0.15) is 4.99 Å². The van der Waals surface area contributed by atoms with E-state index in [4.69, 9.17) is 18.0 Å². The second-order valence-corrected chi connectivity index (χ2v) is 6.17. The van der Waals surface area contributed by atoms with Gasteiger partial charge in [-0.05, 0) is 36.4 Å². The molecule has 0 saturated carbocycles. The Morgan fingerprint density at radius 2 is 1.67 bits per heavy atom. The van der Waals surface area contributed by atoms with E-state index in [1.54, 1.807) is 10.6 Å². The second kappa shape index (κ2) is 5.32. The maximum absolute atomic E-state index is 12.6. The number of fused-ring (bicyclic) bond motifs is 3. The highest BCUT2D eigenvalue weighted by atomic mass is 32.1. The van der Waals surface area contributed by atoms with Gasteiger partial charge in [-0.1, -0.05) is 30.4 Å². The van der Waals surface area contributed by atoms with Gasteiger partial charge >= 0.3 is 0 Å². The van der Waals surface area contributed by atoms with Crippen LogP contribution in [-0.2, 0) is 7.05 Å². The van der Waals surface area contributed by atoms with Crippen molar-refractivity contribution >= 4 is 39.1 Å². The van der Waals surface area contributed by atoms with E-state index in [0.717, 1.165) is 33.2 Å². The van der Waals surface area contributed by atoms with E-state index in [2.05, 4.69) is 10.6 Å². The molecule has 118 valence electrons. The molecule has 0 aliphatic rings. The SMILES string of the molecule is Cn1c2ccccc2c2c1ccc(=O)n2-c1ccc(C(N)=S)cc1. The molecular formula is C19H15N3OS. The Morgan fingerprint density at radius 1 is 0.958 bits per heavy atom. The number of hydrogen-bond acceptors (Lipinski definition) is 2. The monoisotopic (exact) mass is 333 g/mol. The number of hydrogen-bond donors (Lipinski definition) is 1. The number of aryl methyl sites for hydroxylation is 1. The molecule has 5 heteroatoms. The van der Waals surface area contributed by atoms with Gasteiger partial charge in [0.25, 0.3) is 5.56 Å². The highest BCUT2D eigenvalue weighted by Gasteiger charge is 2.14. The molecule has 0 spiro atoms. The van der Waals surface area contributed by atoms with Crippen LogP contribution in [0, 0.1) is 0 Å². The summed E-state index contributed by atoms with van der Waals surface area (Å²) in [5.41, 5.74) is 10.2. The molecule has 0 fully saturated rings. The molecule has 0 aliphatic heterocycles. The van der Waals surface area contributed by atoms with E-state index in [9.17, 15) is 4.79 Å². The van der Waals surface area contributed by atoms with E-state index in [-0.39, 0.29) is 5.56 Å². The van der Waals surface area contributed by atoms with Gasteiger partial charge in [0, 0.05) is 29.8 Å². The van der Waals surface area contributed by atoms with Crippen LogP contribution in [0.1, 0.15) is 5.56 Å². The number of benzene rings is 2. The number of aromatic nitrogens is 2. The summed E-state index contributed by atoms with van der Waals surface area (Å²) in [6.07, 6.45) is 0. The number of pyridine rings is 1. The van der Waals surface area contributed by atoms with Gasteiger partial charge in [-0.3, -0.25) is 9.36 Å². The zero-order chi connectivity index (χ0) is 16.8. The molecule has 4 rings (SSSR count). The molecule has 0 radical (unpaired) electrons. The van der Waals surface area contributed by atoms with Crippen LogP contribution in [0.3, 0.4) is 0 Å². The van der Waals surface area contributed by atoms with Crippen molar-refractivity contribution in [1.82, 2.24) is 9.13 Å². The van der Waals surface area contributed by atoms with Gasteiger partial charge < -0.3 is 10.3 Å². The number of rotatable bonds is 2. The predicted octanol–water partition coefficient (Wildman–Crippen LogP) is 3.12.